The van der Waals surface area contributed by atoms with E-state index in [1.807, 2.05) is 62.4 Å². The van der Waals surface area contributed by atoms with E-state index in [0.29, 0.717) is 5.56 Å². The van der Waals surface area contributed by atoms with E-state index >= 15 is 0 Å². The SMILES string of the molecule is C=CCC(C(N)=O)C(CC(C)C)(C(N)=O)C1C(=O)N(C)c2ccccc2-c2ccccc21. The fourth-order valence-electron chi connectivity index (χ4n) is 5.23. The van der Waals surface area contributed by atoms with E-state index in [0.717, 1.165) is 16.8 Å². The second-order valence-electron chi connectivity index (χ2n) is 8.92. The van der Waals surface area contributed by atoms with Gasteiger partial charge in [-0.1, -0.05) is 62.4 Å². The fourth-order valence-corrected chi connectivity index (χ4v) is 5.23. The minimum atomic E-state index is -1.52. The van der Waals surface area contributed by atoms with Crippen LogP contribution >= 0.6 is 0 Å². The van der Waals surface area contributed by atoms with Gasteiger partial charge in [-0.25, -0.2) is 0 Å². The summed E-state index contributed by atoms with van der Waals surface area (Å²) in [5.74, 6) is -3.64. The Bertz CT molecular complexity index is 1060. The number of fused-ring (bicyclic) bond motifs is 3. The van der Waals surface area contributed by atoms with E-state index in [-0.39, 0.29) is 24.7 Å². The number of rotatable bonds is 8. The number of nitrogens with zero attached hydrogens (tertiary/aromatic N) is 1. The molecule has 3 atom stereocenters. The van der Waals surface area contributed by atoms with Crippen LogP contribution in [-0.2, 0) is 14.4 Å². The van der Waals surface area contributed by atoms with Gasteiger partial charge in [0.1, 0.15) is 0 Å². The van der Waals surface area contributed by atoms with E-state index in [2.05, 4.69) is 6.58 Å². The molecular formula is C26H31N3O3. The van der Waals surface area contributed by atoms with Gasteiger partial charge in [-0.3, -0.25) is 14.4 Å². The van der Waals surface area contributed by atoms with Gasteiger partial charge in [0.25, 0.3) is 0 Å². The molecule has 3 unspecified atom stereocenters. The van der Waals surface area contributed by atoms with E-state index in [1.54, 1.807) is 18.0 Å². The Morgan fingerprint density at radius 2 is 1.69 bits per heavy atom. The van der Waals surface area contributed by atoms with Gasteiger partial charge in [-0.2, -0.15) is 0 Å². The zero-order chi connectivity index (χ0) is 23.6. The number of amides is 3. The fraction of sp³-hybridized carbons (Fsp3) is 0.346. The van der Waals surface area contributed by atoms with E-state index in [1.165, 1.54) is 0 Å². The zero-order valence-corrected chi connectivity index (χ0v) is 18.9. The number of hydrogen-bond acceptors (Lipinski definition) is 3. The van der Waals surface area contributed by atoms with Crippen molar-refractivity contribution >= 4 is 23.4 Å². The van der Waals surface area contributed by atoms with Crippen LogP contribution in [0.3, 0.4) is 0 Å². The molecule has 1 aliphatic heterocycles. The first kappa shape index (κ1) is 23.3. The Morgan fingerprint density at radius 1 is 1.09 bits per heavy atom. The standard InChI is InChI=1S/C26H31N3O3/c1-5-10-20(23(27)30)26(25(28)32,15-16(2)3)22-19-13-7-6-11-17(19)18-12-8-9-14-21(18)29(4)24(22)31/h5-9,11-14,16,20,22H,1,10,15H2,2-4H3,(H2,27,30)(H2,28,32). The second-order valence-corrected chi connectivity index (χ2v) is 8.92. The van der Waals surface area contributed by atoms with Crippen molar-refractivity contribution in [2.24, 2.45) is 28.7 Å². The Kier molecular flexibility index (Phi) is 6.53. The number of hydrogen-bond donors (Lipinski definition) is 2. The molecule has 0 aromatic heterocycles. The Hall–Kier alpha value is -3.41. The first-order valence-electron chi connectivity index (χ1n) is 10.8. The smallest absolute Gasteiger partial charge is 0.235 e. The molecule has 6 heteroatoms. The van der Waals surface area contributed by atoms with E-state index < -0.39 is 29.1 Å². The first-order chi connectivity index (χ1) is 15.2. The summed E-state index contributed by atoms with van der Waals surface area (Å²) in [4.78, 5) is 41.7. The third-order valence-electron chi connectivity index (χ3n) is 6.49. The summed E-state index contributed by atoms with van der Waals surface area (Å²) < 4.78 is 0. The molecule has 0 saturated heterocycles. The number of carbonyl (C=O) groups excluding carboxylic acids is 3. The summed E-state index contributed by atoms with van der Waals surface area (Å²) in [5.41, 5.74) is 13.5. The maximum Gasteiger partial charge on any atom is 0.235 e. The van der Waals surface area contributed by atoms with Crippen LogP contribution < -0.4 is 16.4 Å². The lowest BCUT2D eigenvalue weighted by Crippen LogP contribution is -2.56. The number of benzene rings is 2. The Morgan fingerprint density at radius 3 is 2.25 bits per heavy atom. The topological polar surface area (TPSA) is 106 Å². The molecule has 1 aliphatic rings. The minimum absolute atomic E-state index is 0.0231. The summed E-state index contributed by atoms with van der Waals surface area (Å²) in [5, 5.41) is 0. The van der Waals surface area contributed by atoms with Crippen LogP contribution in [-0.4, -0.2) is 24.8 Å². The molecule has 0 bridgehead atoms. The average Bonchev–Trinajstić information content (AvgIpc) is 2.84. The average molecular weight is 434 g/mol. The Balaban J connectivity index is 2.43. The summed E-state index contributed by atoms with van der Waals surface area (Å²) >= 11 is 0. The summed E-state index contributed by atoms with van der Waals surface area (Å²) in [6.07, 6.45) is 1.94. The van der Waals surface area contributed by atoms with Crippen LogP contribution in [0, 0.1) is 17.3 Å². The van der Waals surface area contributed by atoms with Crippen molar-refractivity contribution in [3.63, 3.8) is 0 Å². The monoisotopic (exact) mass is 433 g/mol. The van der Waals surface area contributed by atoms with Gasteiger partial charge in [-0.05, 0) is 36.0 Å². The number of likely N-dealkylation sites (N-methyl/N-ethyl adjacent to an activating group) is 1. The lowest BCUT2D eigenvalue weighted by Gasteiger charge is -2.44. The van der Waals surface area contributed by atoms with Gasteiger partial charge in [0, 0.05) is 12.6 Å². The van der Waals surface area contributed by atoms with Gasteiger partial charge >= 0.3 is 0 Å². The summed E-state index contributed by atoms with van der Waals surface area (Å²) in [6, 6.07) is 15.1. The third kappa shape index (κ3) is 3.70. The highest BCUT2D eigenvalue weighted by atomic mass is 16.2. The van der Waals surface area contributed by atoms with Gasteiger partial charge in [-0.15, -0.1) is 6.58 Å². The number of allylic oxidation sites excluding steroid dienone is 1. The molecule has 0 aliphatic carbocycles. The zero-order valence-electron chi connectivity index (χ0n) is 18.9. The predicted molar refractivity (Wildman–Crippen MR) is 127 cm³/mol. The lowest BCUT2D eigenvalue weighted by molar-refractivity contribution is -0.146. The molecule has 2 aromatic carbocycles. The quantitative estimate of drug-likeness (QED) is 0.621. The molecule has 3 rings (SSSR count). The van der Waals surface area contributed by atoms with Gasteiger partial charge in [0.2, 0.25) is 17.7 Å². The maximum atomic E-state index is 14.1. The molecule has 0 saturated carbocycles. The normalized spacial score (nSPS) is 18.2. The molecule has 2 aromatic rings. The lowest BCUT2D eigenvalue weighted by atomic mass is 9.58. The van der Waals surface area contributed by atoms with Crippen molar-refractivity contribution in [2.75, 3.05) is 11.9 Å². The number of primary amides is 2. The number of anilines is 1. The number of para-hydroxylation sites is 1. The van der Waals surface area contributed by atoms with Crippen LogP contribution in [0.1, 0.15) is 38.2 Å². The molecule has 6 nitrogen and oxygen atoms in total. The Labute approximate surface area is 189 Å². The molecule has 1 heterocycles. The highest BCUT2D eigenvalue weighted by Crippen LogP contribution is 2.53. The van der Waals surface area contributed by atoms with Crippen molar-refractivity contribution < 1.29 is 14.4 Å². The van der Waals surface area contributed by atoms with Gasteiger partial charge in [0.15, 0.2) is 0 Å². The summed E-state index contributed by atoms with van der Waals surface area (Å²) in [7, 11) is 1.69. The highest BCUT2D eigenvalue weighted by Gasteiger charge is 2.57. The maximum absolute atomic E-state index is 14.1. The minimum Gasteiger partial charge on any atom is -0.369 e. The molecule has 0 fully saturated rings. The van der Waals surface area contributed by atoms with Crippen molar-refractivity contribution in [1.29, 1.82) is 0 Å². The van der Waals surface area contributed by atoms with Crippen LogP contribution in [0.5, 0.6) is 0 Å². The molecular weight excluding hydrogens is 402 g/mol. The van der Waals surface area contributed by atoms with Crippen molar-refractivity contribution in [3.8, 4) is 11.1 Å². The molecule has 168 valence electrons. The van der Waals surface area contributed by atoms with Gasteiger partial charge in [0.05, 0.1) is 22.9 Å². The van der Waals surface area contributed by atoms with Crippen molar-refractivity contribution in [3.05, 3.63) is 66.7 Å². The summed E-state index contributed by atoms with van der Waals surface area (Å²) in [6.45, 7) is 7.63. The van der Waals surface area contributed by atoms with Crippen molar-refractivity contribution in [1.82, 2.24) is 0 Å². The van der Waals surface area contributed by atoms with Crippen LogP contribution in [0.2, 0.25) is 0 Å². The molecule has 0 spiro atoms. The van der Waals surface area contributed by atoms with Gasteiger partial charge < -0.3 is 16.4 Å². The highest BCUT2D eigenvalue weighted by molar-refractivity contribution is 6.08. The largest absolute Gasteiger partial charge is 0.369 e. The first-order valence-corrected chi connectivity index (χ1v) is 10.8. The number of carbonyl (C=O) groups is 3. The van der Waals surface area contributed by atoms with Crippen molar-refractivity contribution in [2.45, 2.75) is 32.6 Å². The van der Waals surface area contributed by atoms with Crippen LogP contribution in [0.4, 0.5) is 5.69 Å². The second kappa shape index (κ2) is 8.99. The third-order valence-corrected chi connectivity index (χ3v) is 6.49. The molecule has 32 heavy (non-hydrogen) atoms. The molecule has 0 radical (unpaired) electrons. The van der Waals surface area contributed by atoms with E-state index in [9.17, 15) is 14.4 Å². The predicted octanol–water partition coefficient (Wildman–Crippen LogP) is 3.61. The number of nitrogens with two attached hydrogens (primary N) is 2. The molecule has 3 amide bonds. The van der Waals surface area contributed by atoms with E-state index in [4.69, 9.17) is 11.5 Å². The van der Waals surface area contributed by atoms with Crippen LogP contribution in [0.15, 0.2) is 61.2 Å². The molecule has 4 N–H and O–H groups in total. The van der Waals surface area contributed by atoms with Crippen LogP contribution in [0.25, 0.3) is 11.1 Å².